The molecule has 2 amide bonds. The maximum Gasteiger partial charge on any atom is 0.321 e. The Hall–Kier alpha value is -1.62. The molecule has 5 heteroatoms. The van der Waals surface area contributed by atoms with Crippen LogP contribution in [-0.2, 0) is 0 Å². The molecule has 0 atom stereocenters. The lowest BCUT2D eigenvalue weighted by Gasteiger charge is -2.00. The summed E-state index contributed by atoms with van der Waals surface area (Å²) in [6.45, 7) is 4.50. The number of urea groups is 1. The van der Waals surface area contributed by atoms with Crippen LogP contribution in [0.1, 0.15) is 12.5 Å². The van der Waals surface area contributed by atoms with E-state index < -0.39 is 0 Å². The lowest BCUT2D eigenvalue weighted by Crippen LogP contribution is -2.28. The van der Waals surface area contributed by atoms with Crippen LogP contribution in [-0.4, -0.2) is 17.6 Å². The summed E-state index contributed by atoms with van der Waals surface area (Å²) in [4.78, 5) is 15.7. The molecule has 2 rings (SSSR count). The fourth-order valence-electron chi connectivity index (χ4n) is 1.44. The number of hydrogen-bond acceptors (Lipinski definition) is 3. The SMILES string of the molecule is CCNC(=O)Nc1nc2c(C)cccc2s1. The number of thiazole rings is 1. The minimum absolute atomic E-state index is 0.209. The Bertz CT molecular complexity index is 521. The van der Waals surface area contributed by atoms with Crippen LogP contribution < -0.4 is 10.6 Å². The number of nitrogens with zero attached hydrogens (tertiary/aromatic N) is 1. The molecule has 0 spiro atoms. The van der Waals surface area contributed by atoms with Gasteiger partial charge >= 0.3 is 6.03 Å². The van der Waals surface area contributed by atoms with Crippen molar-refractivity contribution >= 4 is 32.7 Å². The number of aromatic nitrogens is 1. The Morgan fingerprint density at radius 1 is 1.50 bits per heavy atom. The van der Waals surface area contributed by atoms with Gasteiger partial charge < -0.3 is 5.32 Å². The van der Waals surface area contributed by atoms with Crippen LogP contribution in [0, 0.1) is 6.92 Å². The van der Waals surface area contributed by atoms with E-state index in [1.807, 2.05) is 32.0 Å². The lowest BCUT2D eigenvalue weighted by atomic mass is 10.2. The van der Waals surface area contributed by atoms with Gasteiger partial charge in [-0.1, -0.05) is 23.5 Å². The van der Waals surface area contributed by atoms with Crippen molar-refractivity contribution in [3.8, 4) is 0 Å². The Labute approximate surface area is 97.7 Å². The molecule has 0 radical (unpaired) electrons. The van der Waals surface area contributed by atoms with Gasteiger partial charge in [0.15, 0.2) is 5.13 Å². The van der Waals surface area contributed by atoms with Gasteiger partial charge in [0.2, 0.25) is 0 Å². The Balaban J connectivity index is 2.26. The van der Waals surface area contributed by atoms with E-state index in [1.54, 1.807) is 0 Å². The van der Waals surface area contributed by atoms with Crippen molar-refractivity contribution in [2.75, 3.05) is 11.9 Å². The highest BCUT2D eigenvalue weighted by Gasteiger charge is 2.07. The van der Waals surface area contributed by atoms with Gasteiger partial charge in [0, 0.05) is 6.54 Å². The van der Waals surface area contributed by atoms with Gasteiger partial charge in [-0.05, 0) is 25.5 Å². The number of aryl methyl sites for hydroxylation is 1. The van der Waals surface area contributed by atoms with Crippen LogP contribution in [0.4, 0.5) is 9.93 Å². The lowest BCUT2D eigenvalue weighted by molar-refractivity contribution is 0.252. The van der Waals surface area contributed by atoms with Crippen LogP contribution in [0.2, 0.25) is 0 Å². The topological polar surface area (TPSA) is 54.0 Å². The highest BCUT2D eigenvalue weighted by atomic mass is 32.1. The van der Waals surface area contributed by atoms with E-state index in [0.29, 0.717) is 11.7 Å². The Morgan fingerprint density at radius 3 is 3.00 bits per heavy atom. The zero-order chi connectivity index (χ0) is 11.5. The van der Waals surface area contributed by atoms with E-state index in [1.165, 1.54) is 11.3 Å². The Kier molecular flexibility index (Phi) is 3.05. The molecule has 1 aromatic heterocycles. The first-order chi connectivity index (χ1) is 7.70. The summed E-state index contributed by atoms with van der Waals surface area (Å²) in [7, 11) is 0. The van der Waals surface area contributed by atoms with Crippen molar-refractivity contribution in [3.05, 3.63) is 23.8 Å². The van der Waals surface area contributed by atoms with Crippen LogP contribution in [0.15, 0.2) is 18.2 Å². The number of amides is 2. The Morgan fingerprint density at radius 2 is 2.31 bits per heavy atom. The highest BCUT2D eigenvalue weighted by Crippen LogP contribution is 2.27. The van der Waals surface area contributed by atoms with Gasteiger partial charge in [-0.25, -0.2) is 9.78 Å². The molecule has 1 heterocycles. The molecule has 2 N–H and O–H groups in total. The fourth-order valence-corrected chi connectivity index (χ4v) is 2.38. The summed E-state index contributed by atoms with van der Waals surface area (Å²) in [6.07, 6.45) is 0. The maximum absolute atomic E-state index is 11.3. The summed E-state index contributed by atoms with van der Waals surface area (Å²) < 4.78 is 1.09. The molecule has 0 saturated carbocycles. The predicted molar refractivity (Wildman–Crippen MR) is 67.1 cm³/mol. The molecular formula is C11H13N3OS. The standard InChI is InChI=1S/C11H13N3OS/c1-3-12-10(15)14-11-13-9-7(2)5-4-6-8(9)16-11/h4-6H,3H2,1-2H3,(H2,12,13,14,15). The van der Waals surface area contributed by atoms with Crippen LogP contribution in [0.3, 0.4) is 0 Å². The molecule has 0 fully saturated rings. The molecule has 4 nitrogen and oxygen atoms in total. The maximum atomic E-state index is 11.3. The fraction of sp³-hybridized carbons (Fsp3) is 0.273. The first-order valence-corrected chi connectivity index (χ1v) is 5.93. The zero-order valence-electron chi connectivity index (χ0n) is 9.20. The molecule has 2 aromatic rings. The summed E-state index contributed by atoms with van der Waals surface area (Å²) in [5.74, 6) is 0. The molecule has 0 aliphatic heterocycles. The van der Waals surface area contributed by atoms with Crippen LogP contribution in [0.5, 0.6) is 0 Å². The predicted octanol–water partition coefficient (Wildman–Crippen LogP) is 2.75. The third-order valence-electron chi connectivity index (χ3n) is 2.18. The summed E-state index contributed by atoms with van der Waals surface area (Å²) >= 11 is 1.48. The van der Waals surface area contributed by atoms with Crippen LogP contribution in [0.25, 0.3) is 10.2 Å². The molecule has 0 aliphatic carbocycles. The normalized spacial score (nSPS) is 10.4. The monoisotopic (exact) mass is 235 g/mol. The summed E-state index contributed by atoms with van der Waals surface area (Å²) in [5, 5.41) is 6.02. The van der Waals surface area contributed by atoms with E-state index in [4.69, 9.17) is 0 Å². The average molecular weight is 235 g/mol. The number of fused-ring (bicyclic) bond motifs is 1. The number of hydrogen-bond donors (Lipinski definition) is 2. The molecule has 84 valence electrons. The second kappa shape index (κ2) is 4.49. The molecule has 0 saturated heterocycles. The van der Waals surface area contributed by atoms with Gasteiger partial charge in [0.1, 0.15) is 0 Å². The van der Waals surface area contributed by atoms with Crippen molar-refractivity contribution in [3.63, 3.8) is 0 Å². The van der Waals surface area contributed by atoms with Crippen molar-refractivity contribution in [2.45, 2.75) is 13.8 Å². The van der Waals surface area contributed by atoms with Gasteiger partial charge in [-0.15, -0.1) is 0 Å². The number of anilines is 1. The second-order valence-electron chi connectivity index (χ2n) is 3.43. The first kappa shape index (κ1) is 10.9. The van der Waals surface area contributed by atoms with Crippen molar-refractivity contribution in [2.24, 2.45) is 0 Å². The summed E-state index contributed by atoms with van der Waals surface area (Å²) in [5.41, 5.74) is 2.08. The van der Waals surface area contributed by atoms with E-state index in [-0.39, 0.29) is 6.03 Å². The van der Waals surface area contributed by atoms with Gasteiger partial charge in [0.05, 0.1) is 10.2 Å². The number of carbonyl (C=O) groups is 1. The minimum atomic E-state index is -0.209. The van der Waals surface area contributed by atoms with Crippen LogP contribution >= 0.6 is 11.3 Å². The van der Waals surface area contributed by atoms with Crippen molar-refractivity contribution in [1.82, 2.24) is 10.3 Å². The van der Waals surface area contributed by atoms with E-state index in [9.17, 15) is 4.79 Å². The number of rotatable bonds is 2. The first-order valence-electron chi connectivity index (χ1n) is 5.11. The average Bonchev–Trinajstić information content (AvgIpc) is 2.62. The second-order valence-corrected chi connectivity index (χ2v) is 4.46. The number of nitrogens with one attached hydrogen (secondary N) is 2. The van der Waals surface area contributed by atoms with Crippen molar-refractivity contribution in [1.29, 1.82) is 0 Å². The third kappa shape index (κ3) is 2.14. The quantitative estimate of drug-likeness (QED) is 0.841. The number of carbonyl (C=O) groups excluding carboxylic acids is 1. The minimum Gasteiger partial charge on any atom is -0.338 e. The van der Waals surface area contributed by atoms with Gasteiger partial charge in [-0.3, -0.25) is 5.32 Å². The van der Waals surface area contributed by atoms with E-state index >= 15 is 0 Å². The number of para-hydroxylation sites is 1. The van der Waals surface area contributed by atoms with Crippen molar-refractivity contribution < 1.29 is 4.79 Å². The molecular weight excluding hydrogens is 222 g/mol. The largest absolute Gasteiger partial charge is 0.338 e. The number of benzene rings is 1. The van der Waals surface area contributed by atoms with E-state index in [2.05, 4.69) is 15.6 Å². The third-order valence-corrected chi connectivity index (χ3v) is 3.11. The van der Waals surface area contributed by atoms with Gasteiger partial charge in [-0.2, -0.15) is 0 Å². The molecule has 16 heavy (non-hydrogen) atoms. The van der Waals surface area contributed by atoms with Gasteiger partial charge in [0.25, 0.3) is 0 Å². The molecule has 0 bridgehead atoms. The molecule has 1 aromatic carbocycles. The van der Waals surface area contributed by atoms with E-state index in [0.717, 1.165) is 15.8 Å². The summed E-state index contributed by atoms with van der Waals surface area (Å²) in [6, 6.07) is 5.80. The zero-order valence-corrected chi connectivity index (χ0v) is 10.0. The molecule has 0 unspecified atom stereocenters. The molecule has 0 aliphatic rings. The smallest absolute Gasteiger partial charge is 0.321 e. The highest BCUT2D eigenvalue weighted by molar-refractivity contribution is 7.22.